The van der Waals surface area contributed by atoms with Crippen LogP contribution >= 0.6 is 0 Å². The van der Waals surface area contributed by atoms with Crippen molar-refractivity contribution in [2.24, 2.45) is 0 Å². The van der Waals surface area contributed by atoms with E-state index in [1.807, 2.05) is 48.5 Å². The minimum atomic E-state index is -0.369. The second kappa shape index (κ2) is 8.52. The van der Waals surface area contributed by atoms with E-state index >= 15 is 0 Å². The van der Waals surface area contributed by atoms with Gasteiger partial charge in [0.2, 0.25) is 5.91 Å². The van der Waals surface area contributed by atoms with Crippen LogP contribution in [-0.2, 0) is 14.3 Å². The maximum atomic E-state index is 12.9. The molecule has 0 saturated carbocycles. The Morgan fingerprint density at radius 2 is 1.58 bits per heavy atom. The number of ether oxygens (including phenoxy) is 2. The van der Waals surface area contributed by atoms with E-state index in [0.717, 1.165) is 41.9 Å². The Bertz CT molecular complexity index is 742. The maximum Gasteiger partial charge on any atom is 0.305 e. The fourth-order valence-corrected chi connectivity index (χ4v) is 3.18. The lowest BCUT2D eigenvalue weighted by molar-refractivity contribution is -0.140. The topological polar surface area (TPSA) is 64.6 Å². The Morgan fingerprint density at radius 3 is 2.19 bits per heavy atom. The number of para-hydroxylation sites is 2. The highest BCUT2D eigenvalue weighted by Crippen LogP contribution is 2.43. The van der Waals surface area contributed by atoms with Crippen LogP contribution in [0.2, 0.25) is 0 Å². The summed E-state index contributed by atoms with van der Waals surface area (Å²) in [7, 11) is 1.39. The quantitative estimate of drug-likeness (QED) is 0.608. The molecule has 2 aromatic rings. The SMILES string of the molecule is COC(=O)CCCCCNC(=O)C1c2ccccc2Oc2ccccc21. The number of rotatable bonds is 7. The largest absolute Gasteiger partial charge is 0.469 e. The van der Waals surface area contributed by atoms with Crippen LogP contribution in [0.15, 0.2) is 48.5 Å². The fourth-order valence-electron chi connectivity index (χ4n) is 3.18. The van der Waals surface area contributed by atoms with Crippen molar-refractivity contribution >= 4 is 11.9 Å². The number of methoxy groups -OCH3 is 1. The molecule has 0 aliphatic carbocycles. The Balaban J connectivity index is 1.61. The summed E-state index contributed by atoms with van der Waals surface area (Å²) in [5.41, 5.74) is 1.77. The smallest absolute Gasteiger partial charge is 0.305 e. The second-order valence-electron chi connectivity index (χ2n) is 6.29. The summed E-state index contributed by atoms with van der Waals surface area (Å²) in [6, 6.07) is 15.3. The number of carbonyl (C=O) groups is 2. The molecule has 26 heavy (non-hydrogen) atoms. The first-order valence-electron chi connectivity index (χ1n) is 8.91. The van der Waals surface area contributed by atoms with E-state index in [2.05, 4.69) is 10.1 Å². The number of hydrogen-bond donors (Lipinski definition) is 1. The molecule has 0 saturated heterocycles. The van der Waals surface area contributed by atoms with Gasteiger partial charge in [-0.05, 0) is 25.0 Å². The number of unbranched alkanes of at least 4 members (excludes halogenated alkanes) is 2. The van der Waals surface area contributed by atoms with Crippen molar-refractivity contribution in [1.29, 1.82) is 0 Å². The molecule has 1 amide bonds. The average Bonchev–Trinajstić information content (AvgIpc) is 2.68. The van der Waals surface area contributed by atoms with Gasteiger partial charge in [0.05, 0.1) is 13.0 Å². The van der Waals surface area contributed by atoms with Crippen LogP contribution in [-0.4, -0.2) is 25.5 Å². The third-order valence-corrected chi connectivity index (χ3v) is 4.53. The van der Waals surface area contributed by atoms with Crippen molar-refractivity contribution in [2.75, 3.05) is 13.7 Å². The summed E-state index contributed by atoms with van der Waals surface area (Å²) in [5.74, 6) is 0.866. The van der Waals surface area contributed by atoms with Crippen molar-refractivity contribution in [3.63, 3.8) is 0 Å². The summed E-state index contributed by atoms with van der Waals surface area (Å²) in [6.07, 6.45) is 2.89. The minimum absolute atomic E-state index is 0.0267. The molecule has 1 heterocycles. The van der Waals surface area contributed by atoms with Gasteiger partial charge in [0, 0.05) is 24.1 Å². The van der Waals surface area contributed by atoms with Crippen LogP contribution in [0.3, 0.4) is 0 Å². The highest BCUT2D eigenvalue weighted by atomic mass is 16.5. The monoisotopic (exact) mass is 353 g/mol. The van der Waals surface area contributed by atoms with Crippen molar-refractivity contribution in [1.82, 2.24) is 5.32 Å². The number of nitrogens with one attached hydrogen (secondary N) is 1. The van der Waals surface area contributed by atoms with Crippen LogP contribution in [0.5, 0.6) is 11.5 Å². The van der Waals surface area contributed by atoms with Crippen LogP contribution < -0.4 is 10.1 Å². The van der Waals surface area contributed by atoms with Crippen LogP contribution in [0.1, 0.15) is 42.7 Å². The predicted molar refractivity (Wildman–Crippen MR) is 98.3 cm³/mol. The highest BCUT2D eigenvalue weighted by molar-refractivity contribution is 5.89. The molecule has 0 aromatic heterocycles. The van der Waals surface area contributed by atoms with Gasteiger partial charge >= 0.3 is 5.97 Å². The Hall–Kier alpha value is -2.82. The second-order valence-corrected chi connectivity index (χ2v) is 6.29. The third kappa shape index (κ3) is 4.04. The minimum Gasteiger partial charge on any atom is -0.469 e. The van der Waals surface area contributed by atoms with Gasteiger partial charge < -0.3 is 14.8 Å². The first kappa shape index (κ1) is 18.0. The molecular weight excluding hydrogens is 330 g/mol. The molecule has 5 heteroatoms. The summed E-state index contributed by atoms with van der Waals surface area (Å²) < 4.78 is 10.5. The molecule has 0 unspecified atom stereocenters. The molecule has 5 nitrogen and oxygen atoms in total. The van der Waals surface area contributed by atoms with Gasteiger partial charge in [0.25, 0.3) is 0 Å². The fraction of sp³-hybridized carbons (Fsp3) is 0.333. The van der Waals surface area contributed by atoms with Gasteiger partial charge in [-0.1, -0.05) is 42.8 Å². The lowest BCUT2D eigenvalue weighted by Crippen LogP contribution is -2.32. The standard InChI is InChI=1S/C21H23NO4/c1-25-19(23)13-3-2-8-14-22-21(24)20-15-9-4-6-11-17(15)26-18-12-7-5-10-16(18)20/h4-7,9-12,20H,2-3,8,13-14H2,1H3,(H,22,24). The molecule has 0 radical (unpaired) electrons. The van der Waals surface area contributed by atoms with E-state index < -0.39 is 0 Å². The first-order chi connectivity index (χ1) is 12.7. The molecule has 0 fully saturated rings. The summed E-state index contributed by atoms with van der Waals surface area (Å²) in [5, 5.41) is 3.03. The summed E-state index contributed by atoms with van der Waals surface area (Å²) in [4.78, 5) is 24.0. The Kier molecular flexibility index (Phi) is 5.89. The average molecular weight is 353 g/mol. The van der Waals surface area contributed by atoms with Gasteiger partial charge in [-0.2, -0.15) is 0 Å². The van der Waals surface area contributed by atoms with E-state index in [0.29, 0.717) is 13.0 Å². The van der Waals surface area contributed by atoms with Crippen LogP contribution in [0.4, 0.5) is 0 Å². The number of esters is 1. The molecule has 1 N–H and O–H groups in total. The van der Waals surface area contributed by atoms with E-state index in [1.54, 1.807) is 0 Å². The zero-order chi connectivity index (χ0) is 18.4. The summed E-state index contributed by atoms with van der Waals surface area (Å²) >= 11 is 0. The molecule has 136 valence electrons. The third-order valence-electron chi connectivity index (χ3n) is 4.53. The first-order valence-corrected chi connectivity index (χ1v) is 8.91. The number of benzene rings is 2. The molecular formula is C21H23NO4. The van der Waals surface area contributed by atoms with Crippen LogP contribution in [0.25, 0.3) is 0 Å². The van der Waals surface area contributed by atoms with Gasteiger partial charge in [0.1, 0.15) is 11.5 Å². The number of carbonyl (C=O) groups excluding carboxylic acids is 2. The van der Waals surface area contributed by atoms with E-state index in [4.69, 9.17) is 4.74 Å². The molecule has 1 aliphatic heterocycles. The van der Waals surface area contributed by atoms with Crippen molar-refractivity contribution in [2.45, 2.75) is 31.6 Å². The van der Waals surface area contributed by atoms with E-state index in [9.17, 15) is 9.59 Å². The van der Waals surface area contributed by atoms with Gasteiger partial charge in [-0.15, -0.1) is 0 Å². The lowest BCUT2D eigenvalue weighted by Gasteiger charge is -2.27. The molecule has 0 atom stereocenters. The molecule has 1 aliphatic rings. The molecule has 0 bridgehead atoms. The Labute approximate surface area is 153 Å². The normalized spacial score (nSPS) is 12.5. The number of hydrogen-bond acceptors (Lipinski definition) is 4. The zero-order valence-corrected chi connectivity index (χ0v) is 14.9. The van der Waals surface area contributed by atoms with Crippen molar-refractivity contribution < 1.29 is 19.1 Å². The maximum absolute atomic E-state index is 12.9. The zero-order valence-electron chi connectivity index (χ0n) is 14.9. The van der Waals surface area contributed by atoms with Gasteiger partial charge in [-0.3, -0.25) is 9.59 Å². The van der Waals surface area contributed by atoms with E-state index in [1.165, 1.54) is 7.11 Å². The predicted octanol–water partition coefficient (Wildman–Crippen LogP) is 3.77. The van der Waals surface area contributed by atoms with Gasteiger partial charge in [0.15, 0.2) is 0 Å². The van der Waals surface area contributed by atoms with E-state index in [-0.39, 0.29) is 17.8 Å². The van der Waals surface area contributed by atoms with Crippen LogP contribution in [0, 0.1) is 0 Å². The molecule has 3 rings (SSSR count). The lowest BCUT2D eigenvalue weighted by atomic mass is 9.87. The molecule has 2 aromatic carbocycles. The van der Waals surface area contributed by atoms with Gasteiger partial charge in [-0.25, -0.2) is 0 Å². The Morgan fingerprint density at radius 1 is 0.962 bits per heavy atom. The van der Waals surface area contributed by atoms with Crippen molar-refractivity contribution in [3.8, 4) is 11.5 Å². The van der Waals surface area contributed by atoms with Crippen molar-refractivity contribution in [3.05, 3.63) is 59.7 Å². The number of amides is 1. The highest BCUT2D eigenvalue weighted by Gasteiger charge is 2.31. The summed E-state index contributed by atoms with van der Waals surface area (Å²) in [6.45, 7) is 0.585. The number of fused-ring (bicyclic) bond motifs is 2. The molecule has 0 spiro atoms.